The Kier molecular flexibility index (Phi) is 13.2. The summed E-state index contributed by atoms with van der Waals surface area (Å²) in [4.78, 5) is 7.19. The Morgan fingerprint density at radius 2 is 2.17 bits per heavy atom. The Balaban J connectivity index is 0.00000484. The Bertz CT molecular complexity index is 327. The molecule has 0 bridgehead atoms. The van der Waals surface area contributed by atoms with E-state index >= 15 is 0 Å². The van der Waals surface area contributed by atoms with E-state index in [-0.39, 0.29) is 30.6 Å². The Labute approximate surface area is 159 Å². The molecule has 0 radical (unpaired) electrons. The van der Waals surface area contributed by atoms with E-state index in [9.17, 15) is 5.11 Å². The summed E-state index contributed by atoms with van der Waals surface area (Å²) < 4.78 is 5.27. The monoisotopic (exact) mass is 441 g/mol. The lowest BCUT2D eigenvalue weighted by Gasteiger charge is -2.23. The predicted octanol–water partition coefficient (Wildman–Crippen LogP) is 2.58. The SMILES string of the molecule is CCNC(=NCC(CCO)CC(C)C)N1CCC(COC)C1.I. The highest BCUT2D eigenvalue weighted by Gasteiger charge is 2.24. The number of aliphatic hydroxyl groups is 1. The zero-order chi connectivity index (χ0) is 16.4. The van der Waals surface area contributed by atoms with Gasteiger partial charge in [0.05, 0.1) is 6.61 Å². The summed E-state index contributed by atoms with van der Waals surface area (Å²) in [5, 5.41) is 12.6. The topological polar surface area (TPSA) is 57.1 Å². The molecule has 1 aliphatic rings. The third-order valence-corrected chi connectivity index (χ3v) is 4.16. The van der Waals surface area contributed by atoms with Crippen molar-refractivity contribution >= 4 is 29.9 Å². The Hall–Kier alpha value is -0.0800. The minimum absolute atomic E-state index is 0. The number of halogens is 1. The van der Waals surface area contributed by atoms with Crippen LogP contribution in [0.25, 0.3) is 0 Å². The van der Waals surface area contributed by atoms with Gasteiger partial charge >= 0.3 is 0 Å². The summed E-state index contributed by atoms with van der Waals surface area (Å²) in [6.07, 6.45) is 3.13. The summed E-state index contributed by atoms with van der Waals surface area (Å²) in [6.45, 7) is 11.4. The predicted molar refractivity (Wildman–Crippen MR) is 108 cm³/mol. The number of nitrogens with one attached hydrogen (secondary N) is 1. The highest BCUT2D eigenvalue weighted by molar-refractivity contribution is 14.0. The van der Waals surface area contributed by atoms with Gasteiger partial charge in [-0.3, -0.25) is 4.99 Å². The van der Waals surface area contributed by atoms with Crippen LogP contribution in [0.4, 0.5) is 0 Å². The second-order valence-electron chi connectivity index (χ2n) is 6.76. The minimum Gasteiger partial charge on any atom is -0.396 e. The molecule has 2 atom stereocenters. The molecule has 6 heteroatoms. The summed E-state index contributed by atoms with van der Waals surface area (Å²) in [5.41, 5.74) is 0. The summed E-state index contributed by atoms with van der Waals surface area (Å²) in [7, 11) is 1.77. The van der Waals surface area contributed by atoms with Crippen molar-refractivity contribution in [2.24, 2.45) is 22.7 Å². The Morgan fingerprint density at radius 1 is 1.43 bits per heavy atom. The molecule has 0 spiro atoms. The zero-order valence-electron chi connectivity index (χ0n) is 15.3. The van der Waals surface area contributed by atoms with Gasteiger partial charge in [0, 0.05) is 45.8 Å². The van der Waals surface area contributed by atoms with Crippen LogP contribution in [-0.2, 0) is 4.74 Å². The molecule has 0 aromatic carbocycles. The molecule has 2 N–H and O–H groups in total. The molecule has 1 fully saturated rings. The van der Waals surface area contributed by atoms with Crippen molar-refractivity contribution in [1.82, 2.24) is 10.2 Å². The fourth-order valence-electron chi connectivity index (χ4n) is 3.17. The van der Waals surface area contributed by atoms with Gasteiger partial charge in [-0.25, -0.2) is 0 Å². The highest BCUT2D eigenvalue weighted by atomic mass is 127. The minimum atomic E-state index is 0. The fourth-order valence-corrected chi connectivity index (χ4v) is 3.17. The maximum atomic E-state index is 9.24. The maximum absolute atomic E-state index is 9.24. The number of guanidine groups is 1. The number of methoxy groups -OCH3 is 1. The van der Waals surface area contributed by atoms with E-state index in [4.69, 9.17) is 9.73 Å². The third kappa shape index (κ3) is 9.10. The number of aliphatic hydroxyl groups excluding tert-OH is 1. The summed E-state index contributed by atoms with van der Waals surface area (Å²) in [5.74, 6) is 2.74. The van der Waals surface area contributed by atoms with Crippen LogP contribution in [0.15, 0.2) is 4.99 Å². The summed E-state index contributed by atoms with van der Waals surface area (Å²) >= 11 is 0. The lowest BCUT2D eigenvalue weighted by molar-refractivity contribution is 0.157. The number of aliphatic imine (C=N–C) groups is 1. The van der Waals surface area contributed by atoms with E-state index in [2.05, 4.69) is 31.0 Å². The molecule has 0 aromatic heterocycles. The number of rotatable bonds is 9. The van der Waals surface area contributed by atoms with Crippen LogP contribution < -0.4 is 5.32 Å². The van der Waals surface area contributed by atoms with Crippen molar-refractivity contribution in [3.05, 3.63) is 0 Å². The first kappa shape index (κ1) is 22.9. The molecule has 0 aromatic rings. The van der Waals surface area contributed by atoms with Gasteiger partial charge in [-0.15, -0.1) is 24.0 Å². The normalized spacial score (nSPS) is 19.8. The first-order valence-electron chi connectivity index (χ1n) is 8.73. The molecular weight excluding hydrogens is 405 g/mol. The van der Waals surface area contributed by atoms with Gasteiger partial charge in [-0.1, -0.05) is 13.8 Å². The van der Waals surface area contributed by atoms with Crippen molar-refractivity contribution < 1.29 is 9.84 Å². The van der Waals surface area contributed by atoms with Gasteiger partial charge in [0.1, 0.15) is 0 Å². The van der Waals surface area contributed by atoms with E-state index in [1.807, 2.05) is 0 Å². The second-order valence-corrected chi connectivity index (χ2v) is 6.76. The molecule has 2 unspecified atom stereocenters. The van der Waals surface area contributed by atoms with Crippen LogP contribution in [0.1, 0.15) is 40.0 Å². The van der Waals surface area contributed by atoms with Crippen LogP contribution in [0.2, 0.25) is 0 Å². The van der Waals surface area contributed by atoms with E-state index in [0.29, 0.717) is 17.8 Å². The van der Waals surface area contributed by atoms with E-state index in [0.717, 1.165) is 51.6 Å². The summed E-state index contributed by atoms with van der Waals surface area (Å²) in [6, 6.07) is 0. The van der Waals surface area contributed by atoms with E-state index < -0.39 is 0 Å². The average Bonchev–Trinajstić information content (AvgIpc) is 2.92. The molecule has 0 aliphatic carbocycles. The average molecular weight is 441 g/mol. The smallest absolute Gasteiger partial charge is 0.193 e. The van der Waals surface area contributed by atoms with Crippen molar-refractivity contribution in [3.8, 4) is 0 Å². The van der Waals surface area contributed by atoms with Gasteiger partial charge in [0.15, 0.2) is 5.96 Å². The molecular formula is C17H36IN3O2. The van der Waals surface area contributed by atoms with Gasteiger partial charge in [0.25, 0.3) is 0 Å². The number of hydrogen-bond donors (Lipinski definition) is 2. The van der Waals surface area contributed by atoms with Crippen molar-refractivity contribution in [3.63, 3.8) is 0 Å². The van der Waals surface area contributed by atoms with Crippen molar-refractivity contribution in [2.45, 2.75) is 40.0 Å². The van der Waals surface area contributed by atoms with E-state index in [1.54, 1.807) is 7.11 Å². The zero-order valence-corrected chi connectivity index (χ0v) is 17.6. The lowest BCUT2D eigenvalue weighted by Crippen LogP contribution is -2.40. The molecule has 1 rings (SSSR count). The number of hydrogen-bond acceptors (Lipinski definition) is 3. The molecule has 1 saturated heterocycles. The van der Waals surface area contributed by atoms with Crippen LogP contribution in [0, 0.1) is 17.8 Å². The van der Waals surface area contributed by atoms with Crippen LogP contribution in [0.3, 0.4) is 0 Å². The molecule has 0 amide bonds. The van der Waals surface area contributed by atoms with Crippen molar-refractivity contribution in [1.29, 1.82) is 0 Å². The standard InChI is InChI=1S/C17H35N3O2.HI/c1-5-18-17(20-8-6-16(12-20)13-22-4)19-11-15(7-9-21)10-14(2)3;/h14-16,21H,5-13H2,1-4H3,(H,18,19);1H. The lowest BCUT2D eigenvalue weighted by atomic mass is 9.94. The quantitative estimate of drug-likeness (QED) is 0.328. The van der Waals surface area contributed by atoms with Gasteiger partial charge < -0.3 is 20.1 Å². The highest BCUT2D eigenvalue weighted by Crippen LogP contribution is 2.18. The van der Waals surface area contributed by atoms with Crippen LogP contribution in [0.5, 0.6) is 0 Å². The fraction of sp³-hybridized carbons (Fsp3) is 0.941. The van der Waals surface area contributed by atoms with Gasteiger partial charge in [-0.05, 0) is 38.0 Å². The van der Waals surface area contributed by atoms with E-state index in [1.165, 1.54) is 6.42 Å². The van der Waals surface area contributed by atoms with Crippen LogP contribution in [-0.4, -0.2) is 62.5 Å². The first-order valence-corrected chi connectivity index (χ1v) is 8.73. The molecule has 138 valence electrons. The van der Waals surface area contributed by atoms with Crippen molar-refractivity contribution in [2.75, 3.05) is 46.5 Å². The molecule has 0 saturated carbocycles. The number of ether oxygens (including phenoxy) is 1. The largest absolute Gasteiger partial charge is 0.396 e. The van der Waals surface area contributed by atoms with Crippen LogP contribution >= 0.6 is 24.0 Å². The second kappa shape index (κ2) is 13.2. The Morgan fingerprint density at radius 3 is 2.74 bits per heavy atom. The van der Waals surface area contributed by atoms with Gasteiger partial charge in [-0.2, -0.15) is 0 Å². The number of nitrogens with zero attached hydrogens (tertiary/aromatic N) is 2. The number of likely N-dealkylation sites (tertiary alicyclic amines) is 1. The molecule has 1 aliphatic heterocycles. The third-order valence-electron chi connectivity index (χ3n) is 4.16. The maximum Gasteiger partial charge on any atom is 0.193 e. The molecule has 5 nitrogen and oxygen atoms in total. The first-order chi connectivity index (χ1) is 10.6. The molecule has 23 heavy (non-hydrogen) atoms. The molecule has 1 heterocycles. The van der Waals surface area contributed by atoms with Gasteiger partial charge in [0.2, 0.25) is 0 Å².